The maximum Gasteiger partial charge on any atom is 0.244 e. The van der Waals surface area contributed by atoms with Crippen molar-refractivity contribution < 1.29 is 9.18 Å². The Morgan fingerprint density at radius 1 is 1.50 bits per heavy atom. The maximum absolute atomic E-state index is 12.8. The molecule has 5 heteroatoms. The van der Waals surface area contributed by atoms with Gasteiger partial charge in [-0.1, -0.05) is 0 Å². The number of nitrogens with one attached hydrogen (secondary N) is 1. The first-order valence-corrected chi connectivity index (χ1v) is 5.64. The van der Waals surface area contributed by atoms with Gasteiger partial charge >= 0.3 is 0 Å². The Balaban J connectivity index is 2.77. The molecule has 0 aromatic heterocycles. The number of anilines is 1. The summed E-state index contributed by atoms with van der Waals surface area (Å²) >= 11 is 3.23. The molecule has 1 unspecified atom stereocenters. The van der Waals surface area contributed by atoms with Crippen molar-refractivity contribution in [1.82, 2.24) is 4.90 Å². The van der Waals surface area contributed by atoms with E-state index in [-0.39, 0.29) is 17.8 Å². The average Bonchev–Trinajstić information content (AvgIpc) is 2.20. The normalized spacial score (nSPS) is 12.1. The van der Waals surface area contributed by atoms with Gasteiger partial charge in [0.1, 0.15) is 11.9 Å². The highest BCUT2D eigenvalue weighted by Gasteiger charge is 2.15. The van der Waals surface area contributed by atoms with Gasteiger partial charge in [-0.2, -0.15) is 0 Å². The zero-order valence-electron chi connectivity index (χ0n) is 9.42. The van der Waals surface area contributed by atoms with Crippen LogP contribution in [0.3, 0.4) is 0 Å². The van der Waals surface area contributed by atoms with E-state index in [0.717, 1.165) is 0 Å². The van der Waals surface area contributed by atoms with Gasteiger partial charge in [0.15, 0.2) is 0 Å². The number of benzene rings is 1. The molecule has 0 bridgehead atoms. The first-order chi connectivity index (χ1) is 7.41. The van der Waals surface area contributed by atoms with Gasteiger partial charge in [0.25, 0.3) is 0 Å². The Bertz CT molecular complexity index is 396. The van der Waals surface area contributed by atoms with E-state index in [1.165, 1.54) is 17.0 Å². The number of carbonyl (C=O) groups excluding carboxylic acids is 1. The van der Waals surface area contributed by atoms with Crippen LogP contribution in [0.5, 0.6) is 0 Å². The molecular formula is C11H14BrFN2O. The summed E-state index contributed by atoms with van der Waals surface area (Å²) in [6, 6.07) is 3.95. The van der Waals surface area contributed by atoms with Crippen LogP contribution in [0.4, 0.5) is 10.1 Å². The Morgan fingerprint density at radius 2 is 2.12 bits per heavy atom. The Hall–Kier alpha value is -1.10. The SMILES string of the molecule is CC(Nc1ccc(F)cc1Br)C(=O)N(C)C. The molecule has 0 spiro atoms. The standard InChI is InChI=1S/C11H14BrFN2O/c1-7(11(16)15(2)3)14-10-5-4-8(13)6-9(10)12/h4-7,14H,1-3H3. The number of carbonyl (C=O) groups is 1. The minimum atomic E-state index is -0.350. The number of nitrogens with zero attached hydrogens (tertiary/aromatic N) is 1. The monoisotopic (exact) mass is 288 g/mol. The lowest BCUT2D eigenvalue weighted by molar-refractivity contribution is -0.129. The summed E-state index contributed by atoms with van der Waals surface area (Å²) in [6.45, 7) is 1.76. The van der Waals surface area contributed by atoms with Crippen LogP contribution >= 0.6 is 15.9 Å². The van der Waals surface area contributed by atoms with Crippen molar-refractivity contribution in [3.05, 3.63) is 28.5 Å². The zero-order chi connectivity index (χ0) is 12.3. The molecule has 1 atom stereocenters. The van der Waals surface area contributed by atoms with Gasteiger partial charge in [0.2, 0.25) is 5.91 Å². The first kappa shape index (κ1) is 13.0. The van der Waals surface area contributed by atoms with E-state index in [0.29, 0.717) is 10.2 Å². The quantitative estimate of drug-likeness (QED) is 0.927. The van der Waals surface area contributed by atoms with E-state index in [4.69, 9.17) is 0 Å². The summed E-state index contributed by atoms with van der Waals surface area (Å²) in [7, 11) is 3.39. The fourth-order valence-electron chi connectivity index (χ4n) is 1.29. The zero-order valence-corrected chi connectivity index (χ0v) is 11.0. The molecule has 16 heavy (non-hydrogen) atoms. The second-order valence-electron chi connectivity index (χ2n) is 3.72. The van der Waals surface area contributed by atoms with E-state index >= 15 is 0 Å². The topological polar surface area (TPSA) is 32.3 Å². The molecule has 1 N–H and O–H groups in total. The minimum Gasteiger partial charge on any atom is -0.373 e. The molecule has 1 aromatic carbocycles. The smallest absolute Gasteiger partial charge is 0.244 e. The fraction of sp³-hybridized carbons (Fsp3) is 0.364. The molecule has 0 aliphatic carbocycles. The van der Waals surface area contributed by atoms with Crippen molar-refractivity contribution in [2.75, 3.05) is 19.4 Å². The number of hydrogen-bond acceptors (Lipinski definition) is 2. The lowest BCUT2D eigenvalue weighted by Crippen LogP contribution is -2.36. The summed E-state index contributed by atoms with van der Waals surface area (Å²) in [5.41, 5.74) is 0.698. The molecule has 0 radical (unpaired) electrons. The van der Waals surface area contributed by atoms with Gasteiger partial charge in [0.05, 0.1) is 0 Å². The van der Waals surface area contributed by atoms with Gasteiger partial charge in [-0.15, -0.1) is 0 Å². The highest BCUT2D eigenvalue weighted by atomic mass is 79.9. The summed E-state index contributed by atoms with van der Waals surface area (Å²) < 4.78 is 13.4. The van der Waals surface area contributed by atoms with E-state index in [2.05, 4.69) is 21.2 Å². The Kier molecular flexibility index (Phi) is 4.29. The highest BCUT2D eigenvalue weighted by molar-refractivity contribution is 9.10. The molecule has 0 aliphatic rings. The molecule has 1 amide bonds. The van der Waals surface area contributed by atoms with Crippen LogP contribution < -0.4 is 5.32 Å². The largest absolute Gasteiger partial charge is 0.373 e. The van der Waals surface area contributed by atoms with Crippen molar-refractivity contribution in [1.29, 1.82) is 0 Å². The Labute approximate surface area is 103 Å². The highest BCUT2D eigenvalue weighted by Crippen LogP contribution is 2.23. The van der Waals surface area contributed by atoms with Crippen molar-refractivity contribution in [3.63, 3.8) is 0 Å². The number of amides is 1. The third-order valence-corrected chi connectivity index (χ3v) is 2.77. The van der Waals surface area contributed by atoms with Crippen LogP contribution in [0.25, 0.3) is 0 Å². The number of hydrogen-bond donors (Lipinski definition) is 1. The van der Waals surface area contributed by atoms with Crippen molar-refractivity contribution >= 4 is 27.5 Å². The third kappa shape index (κ3) is 3.20. The second-order valence-corrected chi connectivity index (χ2v) is 4.58. The van der Waals surface area contributed by atoms with Gasteiger partial charge < -0.3 is 10.2 Å². The molecule has 1 aromatic rings. The van der Waals surface area contributed by atoms with Crippen LogP contribution in [0.1, 0.15) is 6.92 Å². The molecule has 0 saturated heterocycles. The van der Waals surface area contributed by atoms with Crippen molar-refractivity contribution in [3.8, 4) is 0 Å². The van der Waals surface area contributed by atoms with Crippen LogP contribution in [-0.2, 0) is 4.79 Å². The maximum atomic E-state index is 12.8. The van der Waals surface area contributed by atoms with E-state index in [9.17, 15) is 9.18 Å². The van der Waals surface area contributed by atoms with Gasteiger partial charge in [-0.25, -0.2) is 4.39 Å². The summed E-state index contributed by atoms with van der Waals surface area (Å²) in [5.74, 6) is -0.347. The predicted octanol–water partition coefficient (Wildman–Crippen LogP) is 2.48. The van der Waals surface area contributed by atoms with Crippen molar-refractivity contribution in [2.24, 2.45) is 0 Å². The molecular weight excluding hydrogens is 275 g/mol. The first-order valence-electron chi connectivity index (χ1n) is 4.84. The summed E-state index contributed by atoms with van der Waals surface area (Å²) in [6.07, 6.45) is 0. The van der Waals surface area contributed by atoms with E-state index < -0.39 is 0 Å². The Morgan fingerprint density at radius 3 is 2.62 bits per heavy atom. The van der Waals surface area contributed by atoms with Gasteiger partial charge in [-0.3, -0.25) is 4.79 Å². The van der Waals surface area contributed by atoms with Crippen LogP contribution in [0, 0.1) is 5.82 Å². The number of likely N-dealkylation sites (N-methyl/N-ethyl adjacent to an activating group) is 1. The van der Waals surface area contributed by atoms with Crippen LogP contribution in [0.2, 0.25) is 0 Å². The molecule has 88 valence electrons. The molecule has 0 heterocycles. The predicted molar refractivity (Wildman–Crippen MR) is 65.9 cm³/mol. The molecule has 1 rings (SSSR count). The summed E-state index contributed by atoms with van der Waals surface area (Å²) in [5, 5.41) is 3.01. The lowest BCUT2D eigenvalue weighted by atomic mass is 10.2. The van der Waals surface area contributed by atoms with Gasteiger partial charge in [-0.05, 0) is 41.1 Å². The second kappa shape index (κ2) is 5.30. The summed E-state index contributed by atoms with van der Waals surface area (Å²) in [4.78, 5) is 13.1. The number of halogens is 2. The van der Waals surface area contributed by atoms with Crippen LogP contribution in [0.15, 0.2) is 22.7 Å². The molecule has 3 nitrogen and oxygen atoms in total. The third-order valence-electron chi connectivity index (χ3n) is 2.11. The minimum absolute atomic E-state index is 0.0313. The molecule has 0 aliphatic heterocycles. The van der Waals surface area contributed by atoms with Crippen molar-refractivity contribution in [2.45, 2.75) is 13.0 Å². The van der Waals surface area contributed by atoms with E-state index in [1.54, 1.807) is 27.1 Å². The number of rotatable bonds is 3. The van der Waals surface area contributed by atoms with Gasteiger partial charge in [0, 0.05) is 24.3 Å². The van der Waals surface area contributed by atoms with E-state index in [1.807, 2.05) is 0 Å². The average molecular weight is 289 g/mol. The lowest BCUT2D eigenvalue weighted by Gasteiger charge is -2.19. The fourth-order valence-corrected chi connectivity index (χ4v) is 1.75. The molecule has 0 fully saturated rings. The molecule has 0 saturated carbocycles. The van der Waals surface area contributed by atoms with Crippen LogP contribution in [-0.4, -0.2) is 30.9 Å².